The lowest BCUT2D eigenvalue weighted by atomic mass is 10.1. The third kappa shape index (κ3) is 3.99. The summed E-state index contributed by atoms with van der Waals surface area (Å²) in [5.41, 5.74) is 1.65. The Morgan fingerprint density at radius 1 is 1.44 bits per heavy atom. The van der Waals surface area contributed by atoms with E-state index in [0.717, 1.165) is 23.9 Å². The highest BCUT2D eigenvalue weighted by atomic mass is 79.9. The van der Waals surface area contributed by atoms with Crippen LogP contribution in [0.1, 0.15) is 36.2 Å². The highest BCUT2D eigenvalue weighted by Crippen LogP contribution is 2.18. The Hall–Kier alpha value is -0.540. The standard InChI is InChI=1S/C14H19BrClNO/c1-10(2)17(8-4-7-15)14(18)12-5-6-13(16)11(3)9-12/h5-6,9-10H,4,7-8H2,1-3H3. The minimum Gasteiger partial charge on any atom is -0.336 e. The van der Waals surface area contributed by atoms with Gasteiger partial charge in [-0.1, -0.05) is 27.5 Å². The molecule has 4 heteroatoms. The van der Waals surface area contributed by atoms with Crippen molar-refractivity contribution in [3.05, 3.63) is 34.3 Å². The van der Waals surface area contributed by atoms with Crippen LogP contribution in [0.15, 0.2) is 18.2 Å². The zero-order valence-electron chi connectivity index (χ0n) is 11.0. The molecule has 0 bridgehead atoms. The first kappa shape index (κ1) is 15.5. The molecule has 100 valence electrons. The van der Waals surface area contributed by atoms with Gasteiger partial charge in [-0.25, -0.2) is 0 Å². The van der Waals surface area contributed by atoms with Crippen LogP contribution in [0.3, 0.4) is 0 Å². The van der Waals surface area contributed by atoms with E-state index in [-0.39, 0.29) is 11.9 Å². The van der Waals surface area contributed by atoms with E-state index < -0.39 is 0 Å². The molecule has 0 aliphatic carbocycles. The molecule has 2 nitrogen and oxygen atoms in total. The maximum absolute atomic E-state index is 12.4. The number of carbonyl (C=O) groups excluding carboxylic acids is 1. The monoisotopic (exact) mass is 331 g/mol. The molecule has 1 amide bonds. The zero-order chi connectivity index (χ0) is 13.7. The summed E-state index contributed by atoms with van der Waals surface area (Å²) in [4.78, 5) is 14.3. The second-order valence-electron chi connectivity index (χ2n) is 4.60. The number of hydrogen-bond acceptors (Lipinski definition) is 1. The maximum atomic E-state index is 12.4. The largest absolute Gasteiger partial charge is 0.336 e. The average molecular weight is 333 g/mol. The highest BCUT2D eigenvalue weighted by molar-refractivity contribution is 9.09. The van der Waals surface area contributed by atoms with Gasteiger partial charge in [-0.15, -0.1) is 0 Å². The molecular weight excluding hydrogens is 314 g/mol. The average Bonchev–Trinajstić information content (AvgIpc) is 2.32. The number of amides is 1. The second kappa shape index (κ2) is 7.15. The fraction of sp³-hybridized carbons (Fsp3) is 0.500. The summed E-state index contributed by atoms with van der Waals surface area (Å²) in [6, 6.07) is 5.63. The van der Waals surface area contributed by atoms with Crippen LogP contribution in [0.2, 0.25) is 5.02 Å². The fourth-order valence-electron chi connectivity index (χ4n) is 1.77. The first-order valence-corrected chi connectivity index (χ1v) is 7.60. The molecule has 0 saturated heterocycles. The van der Waals surface area contributed by atoms with Gasteiger partial charge < -0.3 is 4.90 Å². The molecule has 0 atom stereocenters. The van der Waals surface area contributed by atoms with Crippen molar-refractivity contribution in [2.24, 2.45) is 0 Å². The zero-order valence-corrected chi connectivity index (χ0v) is 13.4. The van der Waals surface area contributed by atoms with E-state index in [1.54, 1.807) is 12.1 Å². The van der Waals surface area contributed by atoms with E-state index in [1.807, 2.05) is 31.7 Å². The van der Waals surface area contributed by atoms with Crippen molar-refractivity contribution in [2.45, 2.75) is 33.2 Å². The van der Waals surface area contributed by atoms with E-state index >= 15 is 0 Å². The Balaban J connectivity index is 2.91. The number of nitrogens with zero attached hydrogens (tertiary/aromatic N) is 1. The quantitative estimate of drug-likeness (QED) is 0.737. The molecule has 1 aromatic carbocycles. The molecule has 0 fully saturated rings. The third-order valence-corrected chi connectivity index (χ3v) is 3.81. The van der Waals surface area contributed by atoms with Crippen LogP contribution in [-0.4, -0.2) is 28.7 Å². The van der Waals surface area contributed by atoms with Gasteiger partial charge in [0.1, 0.15) is 0 Å². The van der Waals surface area contributed by atoms with Crippen molar-refractivity contribution in [1.29, 1.82) is 0 Å². The number of carbonyl (C=O) groups is 1. The van der Waals surface area contributed by atoms with Gasteiger partial charge in [0.15, 0.2) is 0 Å². The summed E-state index contributed by atoms with van der Waals surface area (Å²) in [6.45, 7) is 6.75. The molecule has 0 saturated carbocycles. The molecule has 0 aliphatic rings. The lowest BCUT2D eigenvalue weighted by Crippen LogP contribution is -2.37. The molecule has 0 radical (unpaired) electrons. The van der Waals surface area contributed by atoms with Gasteiger partial charge in [-0.05, 0) is 51.0 Å². The van der Waals surface area contributed by atoms with Crippen molar-refractivity contribution >= 4 is 33.4 Å². The molecule has 0 unspecified atom stereocenters. The smallest absolute Gasteiger partial charge is 0.254 e. The van der Waals surface area contributed by atoms with Crippen molar-refractivity contribution in [3.63, 3.8) is 0 Å². The molecule has 0 spiro atoms. The molecule has 0 aliphatic heterocycles. The molecular formula is C14H19BrClNO. The predicted molar refractivity (Wildman–Crippen MR) is 80.8 cm³/mol. The van der Waals surface area contributed by atoms with Gasteiger partial charge in [0.2, 0.25) is 0 Å². The number of alkyl halides is 1. The second-order valence-corrected chi connectivity index (χ2v) is 5.80. The van der Waals surface area contributed by atoms with Gasteiger partial charge in [0.05, 0.1) is 0 Å². The van der Waals surface area contributed by atoms with Crippen LogP contribution in [0.4, 0.5) is 0 Å². The Morgan fingerprint density at radius 2 is 2.11 bits per heavy atom. The summed E-state index contributed by atoms with van der Waals surface area (Å²) in [6.07, 6.45) is 0.955. The minimum absolute atomic E-state index is 0.0747. The van der Waals surface area contributed by atoms with Crippen molar-refractivity contribution in [2.75, 3.05) is 11.9 Å². The van der Waals surface area contributed by atoms with Crippen LogP contribution >= 0.6 is 27.5 Å². The number of aryl methyl sites for hydroxylation is 1. The lowest BCUT2D eigenvalue weighted by molar-refractivity contribution is 0.0706. The maximum Gasteiger partial charge on any atom is 0.254 e. The van der Waals surface area contributed by atoms with Gasteiger partial charge in [-0.2, -0.15) is 0 Å². The SMILES string of the molecule is Cc1cc(C(=O)N(CCCBr)C(C)C)ccc1Cl. The summed E-state index contributed by atoms with van der Waals surface area (Å²) in [7, 11) is 0. The van der Waals surface area contributed by atoms with Crippen LogP contribution in [0.5, 0.6) is 0 Å². The Bertz CT molecular complexity index is 420. The Morgan fingerprint density at radius 3 is 2.61 bits per heavy atom. The summed E-state index contributed by atoms with van der Waals surface area (Å²) >= 11 is 9.38. The Kier molecular flexibility index (Phi) is 6.16. The van der Waals surface area contributed by atoms with E-state index in [1.165, 1.54) is 0 Å². The van der Waals surface area contributed by atoms with Gasteiger partial charge in [0.25, 0.3) is 5.91 Å². The van der Waals surface area contributed by atoms with Gasteiger partial charge in [-0.3, -0.25) is 4.79 Å². The number of hydrogen-bond donors (Lipinski definition) is 0. The first-order chi connectivity index (χ1) is 8.47. The van der Waals surface area contributed by atoms with Crippen LogP contribution in [-0.2, 0) is 0 Å². The fourth-order valence-corrected chi connectivity index (χ4v) is 2.14. The van der Waals surface area contributed by atoms with Crippen molar-refractivity contribution < 1.29 is 4.79 Å². The topological polar surface area (TPSA) is 20.3 Å². The molecule has 0 aromatic heterocycles. The van der Waals surface area contributed by atoms with Crippen molar-refractivity contribution in [1.82, 2.24) is 4.90 Å². The lowest BCUT2D eigenvalue weighted by Gasteiger charge is -2.26. The van der Waals surface area contributed by atoms with E-state index in [9.17, 15) is 4.79 Å². The van der Waals surface area contributed by atoms with E-state index in [0.29, 0.717) is 10.6 Å². The summed E-state index contributed by atoms with van der Waals surface area (Å²) in [5, 5.41) is 1.60. The molecule has 0 heterocycles. The van der Waals surface area contributed by atoms with Crippen LogP contribution in [0.25, 0.3) is 0 Å². The van der Waals surface area contributed by atoms with Crippen LogP contribution < -0.4 is 0 Å². The number of halogens is 2. The normalized spacial score (nSPS) is 10.8. The van der Waals surface area contributed by atoms with Crippen LogP contribution in [0, 0.1) is 6.92 Å². The summed E-state index contributed by atoms with van der Waals surface area (Å²) < 4.78 is 0. The molecule has 1 aromatic rings. The molecule has 1 rings (SSSR count). The molecule has 0 N–H and O–H groups in total. The van der Waals surface area contributed by atoms with Gasteiger partial charge in [0, 0.05) is 28.5 Å². The molecule has 18 heavy (non-hydrogen) atoms. The predicted octanol–water partition coefficient (Wildman–Crippen LogP) is 4.28. The number of benzene rings is 1. The number of rotatable bonds is 5. The highest BCUT2D eigenvalue weighted by Gasteiger charge is 2.18. The Labute approximate surface area is 122 Å². The third-order valence-electron chi connectivity index (χ3n) is 2.82. The first-order valence-electron chi connectivity index (χ1n) is 6.10. The van der Waals surface area contributed by atoms with E-state index in [2.05, 4.69) is 15.9 Å². The van der Waals surface area contributed by atoms with Crippen molar-refractivity contribution in [3.8, 4) is 0 Å². The minimum atomic E-state index is 0.0747. The van der Waals surface area contributed by atoms with E-state index in [4.69, 9.17) is 11.6 Å². The van der Waals surface area contributed by atoms with Gasteiger partial charge >= 0.3 is 0 Å². The summed E-state index contributed by atoms with van der Waals surface area (Å²) in [5.74, 6) is 0.0747.